The fraction of sp³-hybridized carbons (Fsp3) is 0.429. The van der Waals surface area contributed by atoms with Gasteiger partial charge < -0.3 is 14.2 Å². The summed E-state index contributed by atoms with van der Waals surface area (Å²) in [5.74, 6) is 1.25. The summed E-state index contributed by atoms with van der Waals surface area (Å²) in [5.41, 5.74) is 2.93. The largest absolute Gasteiger partial charge is 0.493 e. The first-order valence-electron chi connectivity index (χ1n) is 9.70. The van der Waals surface area contributed by atoms with Gasteiger partial charge in [0, 0.05) is 19.6 Å². The molecule has 2 heterocycles. The average molecular weight is 419 g/mol. The minimum Gasteiger partial charge on any atom is -0.493 e. The van der Waals surface area contributed by atoms with Gasteiger partial charge in [0.15, 0.2) is 11.5 Å². The Morgan fingerprint density at radius 3 is 2.28 bits per heavy atom. The predicted molar refractivity (Wildman–Crippen MR) is 110 cm³/mol. The molecule has 2 aliphatic heterocycles. The topological polar surface area (TPSA) is 68.3 Å². The third kappa shape index (κ3) is 3.73. The van der Waals surface area contributed by atoms with Crippen LogP contribution in [0, 0.1) is 0 Å². The molecule has 0 aliphatic carbocycles. The molecule has 0 spiro atoms. The van der Waals surface area contributed by atoms with E-state index in [9.17, 15) is 8.42 Å². The predicted octanol–water partition coefficient (Wildman–Crippen LogP) is 2.23. The van der Waals surface area contributed by atoms with Crippen LogP contribution < -0.4 is 9.47 Å². The van der Waals surface area contributed by atoms with Crippen molar-refractivity contribution in [2.24, 2.45) is 0 Å². The summed E-state index contributed by atoms with van der Waals surface area (Å²) >= 11 is 0. The Morgan fingerprint density at radius 1 is 0.966 bits per heavy atom. The second-order valence-corrected chi connectivity index (χ2v) is 8.98. The summed E-state index contributed by atoms with van der Waals surface area (Å²) in [6, 6.07) is 13.2. The van der Waals surface area contributed by atoms with Crippen molar-refractivity contribution in [3.05, 3.63) is 59.2 Å². The van der Waals surface area contributed by atoms with E-state index in [0.717, 1.165) is 16.7 Å². The lowest BCUT2D eigenvalue weighted by molar-refractivity contribution is 0.0693. The van der Waals surface area contributed by atoms with Crippen LogP contribution in [0.15, 0.2) is 42.5 Å². The Balaban J connectivity index is 1.83. The Bertz CT molecular complexity index is 959. The summed E-state index contributed by atoms with van der Waals surface area (Å²) in [7, 11) is -0.448. The van der Waals surface area contributed by atoms with E-state index in [4.69, 9.17) is 14.2 Å². The zero-order valence-electron chi connectivity index (χ0n) is 16.7. The van der Waals surface area contributed by atoms with Crippen LogP contribution in [-0.4, -0.2) is 64.1 Å². The maximum atomic E-state index is 13.6. The van der Waals surface area contributed by atoms with E-state index in [0.29, 0.717) is 50.8 Å². The summed E-state index contributed by atoms with van der Waals surface area (Å²) in [5, 5.41) is 0. The van der Waals surface area contributed by atoms with Crippen LogP contribution in [-0.2, 0) is 21.4 Å². The van der Waals surface area contributed by atoms with Crippen molar-refractivity contribution in [3.63, 3.8) is 0 Å². The van der Waals surface area contributed by atoms with Gasteiger partial charge in [0.1, 0.15) is 0 Å². The molecule has 0 aromatic heterocycles. The lowest BCUT2D eigenvalue weighted by atomic mass is 9.89. The molecule has 2 aliphatic rings. The van der Waals surface area contributed by atoms with Crippen molar-refractivity contribution in [2.45, 2.75) is 12.5 Å². The van der Waals surface area contributed by atoms with Crippen molar-refractivity contribution in [1.82, 2.24) is 8.61 Å². The van der Waals surface area contributed by atoms with Crippen LogP contribution in [0.3, 0.4) is 0 Å². The van der Waals surface area contributed by atoms with Gasteiger partial charge in [-0.25, -0.2) is 0 Å². The number of morpholine rings is 1. The molecule has 0 bridgehead atoms. The second kappa shape index (κ2) is 8.31. The Kier molecular flexibility index (Phi) is 5.78. The Labute approximate surface area is 172 Å². The van der Waals surface area contributed by atoms with Crippen LogP contribution in [0.25, 0.3) is 0 Å². The standard InChI is InChI=1S/C21H26N2O5S/c1-26-19-14-17-8-9-23(29(24,25)22-10-12-28-13-11-22)21(16-6-4-3-5-7-16)18(17)15-20(19)27-2/h3-7,14-15,21H,8-13H2,1-2H3/t21-/m1/s1. The summed E-state index contributed by atoms with van der Waals surface area (Å²) in [6.45, 7) is 2.00. The number of nitrogens with zero attached hydrogens (tertiary/aromatic N) is 2. The van der Waals surface area contributed by atoms with Gasteiger partial charge >= 0.3 is 0 Å². The number of methoxy groups -OCH3 is 2. The summed E-state index contributed by atoms with van der Waals surface area (Å²) in [4.78, 5) is 0. The number of benzene rings is 2. The molecule has 1 atom stereocenters. The fourth-order valence-corrected chi connectivity index (χ4v) is 5.81. The van der Waals surface area contributed by atoms with Crippen LogP contribution in [0.5, 0.6) is 11.5 Å². The first kappa shape index (κ1) is 20.2. The molecule has 0 saturated carbocycles. The van der Waals surface area contributed by atoms with Crippen molar-refractivity contribution in [2.75, 3.05) is 47.1 Å². The number of ether oxygens (including phenoxy) is 3. The normalized spacial score (nSPS) is 20.8. The maximum absolute atomic E-state index is 13.6. The highest BCUT2D eigenvalue weighted by Gasteiger charge is 2.40. The summed E-state index contributed by atoms with van der Waals surface area (Å²) < 4.78 is 46.6. The van der Waals surface area contributed by atoms with E-state index in [2.05, 4.69) is 0 Å². The van der Waals surface area contributed by atoms with Crippen molar-refractivity contribution in [1.29, 1.82) is 0 Å². The quantitative estimate of drug-likeness (QED) is 0.745. The zero-order valence-corrected chi connectivity index (χ0v) is 17.5. The van der Waals surface area contributed by atoms with Gasteiger partial charge in [-0.2, -0.15) is 17.0 Å². The molecule has 7 nitrogen and oxygen atoms in total. The molecule has 156 valence electrons. The molecule has 2 aromatic rings. The van der Waals surface area contributed by atoms with E-state index >= 15 is 0 Å². The molecule has 0 amide bonds. The van der Waals surface area contributed by atoms with E-state index in [1.54, 1.807) is 18.5 Å². The van der Waals surface area contributed by atoms with Crippen LogP contribution >= 0.6 is 0 Å². The third-order valence-corrected chi connectivity index (χ3v) is 7.54. The molecular weight excluding hydrogens is 392 g/mol. The molecule has 8 heteroatoms. The number of hydrogen-bond acceptors (Lipinski definition) is 5. The molecule has 0 N–H and O–H groups in total. The van der Waals surface area contributed by atoms with Crippen LogP contribution in [0.1, 0.15) is 22.7 Å². The SMILES string of the molecule is COc1cc2c(cc1OC)[C@@H](c1ccccc1)N(S(=O)(=O)N1CCOCC1)CC2. The molecule has 0 unspecified atom stereocenters. The monoisotopic (exact) mass is 418 g/mol. The zero-order chi connectivity index (χ0) is 20.4. The molecular formula is C21H26N2O5S. The van der Waals surface area contributed by atoms with Gasteiger partial charge in [0.05, 0.1) is 33.5 Å². The molecule has 0 radical (unpaired) electrons. The number of hydrogen-bond donors (Lipinski definition) is 0. The second-order valence-electron chi connectivity index (χ2n) is 7.10. The highest BCUT2D eigenvalue weighted by atomic mass is 32.2. The first-order chi connectivity index (χ1) is 14.1. The van der Waals surface area contributed by atoms with Gasteiger partial charge in [-0.15, -0.1) is 0 Å². The van der Waals surface area contributed by atoms with E-state index in [1.165, 1.54) is 4.31 Å². The summed E-state index contributed by atoms with van der Waals surface area (Å²) in [6.07, 6.45) is 0.614. The molecule has 2 aromatic carbocycles. The van der Waals surface area contributed by atoms with Crippen molar-refractivity contribution in [3.8, 4) is 11.5 Å². The highest BCUT2D eigenvalue weighted by Crippen LogP contribution is 2.42. The van der Waals surface area contributed by atoms with Crippen molar-refractivity contribution >= 4 is 10.2 Å². The van der Waals surface area contributed by atoms with Gasteiger partial charge in [-0.05, 0) is 35.2 Å². The van der Waals surface area contributed by atoms with Gasteiger partial charge in [-0.3, -0.25) is 0 Å². The van der Waals surface area contributed by atoms with Gasteiger partial charge in [0.25, 0.3) is 10.2 Å². The fourth-order valence-electron chi connectivity index (χ4n) is 4.08. The minimum absolute atomic E-state index is 0.374. The smallest absolute Gasteiger partial charge is 0.283 e. The molecule has 1 fully saturated rings. The van der Waals surface area contributed by atoms with E-state index in [1.807, 2.05) is 42.5 Å². The lowest BCUT2D eigenvalue weighted by Crippen LogP contribution is -2.51. The van der Waals surface area contributed by atoms with Gasteiger partial charge in [-0.1, -0.05) is 30.3 Å². The maximum Gasteiger partial charge on any atom is 0.283 e. The number of fused-ring (bicyclic) bond motifs is 1. The third-order valence-electron chi connectivity index (χ3n) is 5.54. The Morgan fingerprint density at radius 2 is 1.62 bits per heavy atom. The van der Waals surface area contributed by atoms with Crippen molar-refractivity contribution < 1.29 is 22.6 Å². The number of rotatable bonds is 5. The minimum atomic E-state index is -3.65. The van der Waals surface area contributed by atoms with Crippen LogP contribution in [0.4, 0.5) is 0 Å². The van der Waals surface area contributed by atoms with E-state index in [-0.39, 0.29) is 0 Å². The van der Waals surface area contributed by atoms with E-state index < -0.39 is 16.3 Å². The first-order valence-corrected chi connectivity index (χ1v) is 11.1. The highest BCUT2D eigenvalue weighted by molar-refractivity contribution is 7.86. The van der Waals surface area contributed by atoms with Gasteiger partial charge in [0.2, 0.25) is 0 Å². The average Bonchev–Trinajstić information content (AvgIpc) is 2.78. The Hall–Kier alpha value is -2.13. The lowest BCUT2D eigenvalue weighted by Gasteiger charge is -2.40. The molecule has 1 saturated heterocycles. The molecule has 4 rings (SSSR count). The van der Waals surface area contributed by atoms with Crippen LogP contribution in [0.2, 0.25) is 0 Å². The molecule has 29 heavy (non-hydrogen) atoms.